The van der Waals surface area contributed by atoms with Crippen molar-refractivity contribution in [3.8, 4) is 5.75 Å². The monoisotopic (exact) mass is 224 g/mol. The minimum atomic E-state index is -0.439. The van der Waals surface area contributed by atoms with Gasteiger partial charge in [-0.1, -0.05) is 12.7 Å². The summed E-state index contributed by atoms with van der Waals surface area (Å²) in [6.07, 6.45) is 1.68. The van der Waals surface area contributed by atoms with E-state index in [1.54, 1.807) is 12.1 Å². The summed E-state index contributed by atoms with van der Waals surface area (Å²) in [6, 6.07) is 3.55. The second-order valence-corrected chi connectivity index (χ2v) is 3.65. The number of benzene rings is 1. The Morgan fingerprint density at radius 2 is 2.13 bits per heavy atom. The molecule has 0 fully saturated rings. The highest BCUT2D eigenvalue weighted by atomic mass is 35.5. The van der Waals surface area contributed by atoms with E-state index >= 15 is 0 Å². The lowest BCUT2D eigenvalue weighted by Crippen LogP contribution is -2.00. The Hall–Kier alpha value is -1.28. The summed E-state index contributed by atoms with van der Waals surface area (Å²) in [7, 11) is 0. The van der Waals surface area contributed by atoms with Crippen LogP contribution in [0.2, 0.25) is 0 Å². The number of carbonyl (C=O) groups is 1. The van der Waals surface area contributed by atoms with E-state index in [4.69, 9.17) is 16.3 Å². The summed E-state index contributed by atoms with van der Waals surface area (Å²) in [5.74, 6) is 0.758. The summed E-state index contributed by atoms with van der Waals surface area (Å²) in [4.78, 5) is 11.1. The molecule has 0 aliphatic carbocycles. The molecular weight excluding hydrogens is 212 g/mol. The summed E-state index contributed by atoms with van der Waals surface area (Å²) in [6.45, 7) is 7.73. The maximum atomic E-state index is 11.1. The third-order valence-electron chi connectivity index (χ3n) is 2.09. The Balaban J connectivity index is 3.07. The van der Waals surface area contributed by atoms with Gasteiger partial charge in [0.05, 0.1) is 0 Å². The van der Waals surface area contributed by atoms with Gasteiger partial charge in [-0.3, -0.25) is 4.79 Å². The van der Waals surface area contributed by atoms with E-state index in [1.807, 2.05) is 19.9 Å². The lowest BCUT2D eigenvalue weighted by Gasteiger charge is -2.10. The Kier molecular flexibility index (Phi) is 3.92. The Bertz CT molecular complexity index is 397. The minimum Gasteiger partial charge on any atom is -0.489 e. The first-order chi connectivity index (χ1) is 7.06. The van der Waals surface area contributed by atoms with Crippen molar-refractivity contribution in [1.29, 1.82) is 0 Å². The standard InChI is InChI=1S/C12H13ClO2/c1-4-5-15-11-7-8(2)10(12(13)14)6-9(11)3/h4,6-7H,1,5H2,2-3H3. The molecule has 0 spiro atoms. The quantitative estimate of drug-likeness (QED) is 0.580. The molecule has 0 radical (unpaired) electrons. The molecule has 0 aromatic heterocycles. The van der Waals surface area contributed by atoms with Gasteiger partial charge in [0.1, 0.15) is 12.4 Å². The van der Waals surface area contributed by atoms with Crippen molar-refractivity contribution in [3.05, 3.63) is 41.5 Å². The van der Waals surface area contributed by atoms with Crippen LogP contribution in [0, 0.1) is 13.8 Å². The molecule has 15 heavy (non-hydrogen) atoms. The number of aryl methyl sites for hydroxylation is 2. The van der Waals surface area contributed by atoms with E-state index in [0.717, 1.165) is 16.9 Å². The molecule has 1 rings (SSSR count). The predicted octanol–water partition coefficient (Wildman–Crippen LogP) is 3.25. The molecule has 0 saturated carbocycles. The SMILES string of the molecule is C=CCOc1cc(C)c(C(=O)Cl)cc1C. The van der Waals surface area contributed by atoms with Gasteiger partial charge < -0.3 is 4.74 Å². The van der Waals surface area contributed by atoms with Crippen LogP contribution in [-0.4, -0.2) is 11.8 Å². The number of hydrogen-bond acceptors (Lipinski definition) is 2. The van der Waals surface area contributed by atoms with Crippen molar-refractivity contribution in [1.82, 2.24) is 0 Å². The predicted molar refractivity (Wildman–Crippen MR) is 61.8 cm³/mol. The van der Waals surface area contributed by atoms with Crippen LogP contribution in [0.3, 0.4) is 0 Å². The average molecular weight is 225 g/mol. The summed E-state index contributed by atoms with van der Waals surface area (Å²) < 4.78 is 5.43. The molecule has 0 heterocycles. The fourth-order valence-corrected chi connectivity index (χ4v) is 1.51. The molecular formula is C12H13ClO2. The molecule has 0 atom stereocenters. The van der Waals surface area contributed by atoms with Crippen LogP contribution in [0.25, 0.3) is 0 Å². The highest BCUT2D eigenvalue weighted by Gasteiger charge is 2.09. The summed E-state index contributed by atoms with van der Waals surface area (Å²) in [5, 5.41) is -0.439. The Morgan fingerprint density at radius 1 is 1.47 bits per heavy atom. The molecule has 1 aromatic carbocycles. The smallest absolute Gasteiger partial charge is 0.252 e. The van der Waals surface area contributed by atoms with Crippen molar-refractivity contribution >= 4 is 16.8 Å². The highest BCUT2D eigenvalue weighted by molar-refractivity contribution is 6.67. The third kappa shape index (κ3) is 2.83. The van der Waals surface area contributed by atoms with E-state index in [-0.39, 0.29) is 0 Å². The fraction of sp³-hybridized carbons (Fsp3) is 0.250. The average Bonchev–Trinajstić information content (AvgIpc) is 2.18. The van der Waals surface area contributed by atoms with E-state index in [2.05, 4.69) is 6.58 Å². The third-order valence-corrected chi connectivity index (χ3v) is 2.29. The molecule has 0 unspecified atom stereocenters. The van der Waals surface area contributed by atoms with E-state index in [0.29, 0.717) is 12.2 Å². The van der Waals surface area contributed by atoms with E-state index in [9.17, 15) is 4.79 Å². The fourth-order valence-electron chi connectivity index (χ4n) is 1.31. The van der Waals surface area contributed by atoms with Gasteiger partial charge in [-0.15, -0.1) is 0 Å². The largest absolute Gasteiger partial charge is 0.489 e. The van der Waals surface area contributed by atoms with Crippen molar-refractivity contribution in [2.24, 2.45) is 0 Å². The molecule has 0 aliphatic heterocycles. The first-order valence-corrected chi connectivity index (χ1v) is 4.99. The van der Waals surface area contributed by atoms with Crippen molar-refractivity contribution < 1.29 is 9.53 Å². The van der Waals surface area contributed by atoms with Crippen molar-refractivity contribution in [2.75, 3.05) is 6.61 Å². The Labute approximate surface area is 94.5 Å². The van der Waals surface area contributed by atoms with E-state index in [1.165, 1.54) is 0 Å². The lowest BCUT2D eigenvalue weighted by atomic mass is 10.1. The number of carbonyl (C=O) groups excluding carboxylic acids is 1. The van der Waals surface area contributed by atoms with Crippen LogP contribution < -0.4 is 4.74 Å². The zero-order valence-corrected chi connectivity index (χ0v) is 9.60. The second kappa shape index (κ2) is 4.99. The lowest BCUT2D eigenvalue weighted by molar-refractivity contribution is 0.108. The van der Waals surface area contributed by atoms with E-state index < -0.39 is 5.24 Å². The minimum absolute atomic E-state index is 0.439. The van der Waals surface area contributed by atoms with Gasteiger partial charge in [0, 0.05) is 5.56 Å². The van der Waals surface area contributed by atoms with Crippen molar-refractivity contribution in [2.45, 2.75) is 13.8 Å². The second-order valence-electron chi connectivity index (χ2n) is 3.31. The molecule has 0 saturated heterocycles. The molecule has 0 N–H and O–H groups in total. The number of hydrogen-bond donors (Lipinski definition) is 0. The van der Waals surface area contributed by atoms with Gasteiger partial charge in [-0.2, -0.15) is 0 Å². The van der Waals surface area contributed by atoms with Crippen LogP contribution in [0.1, 0.15) is 21.5 Å². The van der Waals surface area contributed by atoms with Gasteiger partial charge in [0.25, 0.3) is 5.24 Å². The zero-order chi connectivity index (χ0) is 11.4. The van der Waals surface area contributed by atoms with Gasteiger partial charge >= 0.3 is 0 Å². The highest BCUT2D eigenvalue weighted by Crippen LogP contribution is 2.23. The van der Waals surface area contributed by atoms with Gasteiger partial charge in [-0.05, 0) is 48.7 Å². The zero-order valence-electron chi connectivity index (χ0n) is 8.84. The van der Waals surface area contributed by atoms with Crippen molar-refractivity contribution in [3.63, 3.8) is 0 Å². The molecule has 1 aromatic rings. The number of halogens is 1. The summed E-state index contributed by atoms with van der Waals surface area (Å²) in [5.41, 5.74) is 2.24. The maximum absolute atomic E-state index is 11.1. The van der Waals surface area contributed by atoms with Gasteiger partial charge in [0.2, 0.25) is 0 Å². The first kappa shape index (κ1) is 11.8. The van der Waals surface area contributed by atoms with Crippen LogP contribution >= 0.6 is 11.6 Å². The molecule has 2 nitrogen and oxygen atoms in total. The molecule has 0 amide bonds. The summed E-state index contributed by atoms with van der Waals surface area (Å²) >= 11 is 5.44. The maximum Gasteiger partial charge on any atom is 0.252 e. The van der Waals surface area contributed by atoms with Gasteiger partial charge in [-0.25, -0.2) is 0 Å². The van der Waals surface area contributed by atoms with Crippen LogP contribution in [-0.2, 0) is 0 Å². The number of ether oxygens (including phenoxy) is 1. The first-order valence-electron chi connectivity index (χ1n) is 4.61. The molecule has 0 aliphatic rings. The normalized spacial score (nSPS) is 9.80. The van der Waals surface area contributed by atoms with Crippen LogP contribution in [0.4, 0.5) is 0 Å². The topological polar surface area (TPSA) is 26.3 Å². The molecule has 80 valence electrons. The molecule has 3 heteroatoms. The van der Waals surface area contributed by atoms with Gasteiger partial charge in [0.15, 0.2) is 0 Å². The van der Waals surface area contributed by atoms with Crippen LogP contribution in [0.5, 0.6) is 5.75 Å². The Morgan fingerprint density at radius 3 is 2.67 bits per heavy atom. The van der Waals surface area contributed by atoms with Crippen LogP contribution in [0.15, 0.2) is 24.8 Å². The molecule has 0 bridgehead atoms. The number of rotatable bonds is 4.